The van der Waals surface area contributed by atoms with Gasteiger partial charge in [-0.2, -0.15) is 0 Å². The molecule has 7 nitrogen and oxygen atoms in total. The minimum absolute atomic E-state index is 0.00605. The minimum atomic E-state index is -0.588. The molecule has 1 N–H and O–H groups in total. The smallest absolute Gasteiger partial charge is 0.311 e. The van der Waals surface area contributed by atoms with Gasteiger partial charge in [0.25, 0.3) is 0 Å². The normalized spacial score (nSPS) is 31.0. The average Bonchev–Trinajstić information content (AvgIpc) is 3.39. The van der Waals surface area contributed by atoms with Gasteiger partial charge in [-0.1, -0.05) is 38.7 Å². The highest BCUT2D eigenvalue weighted by Gasteiger charge is 2.77. The van der Waals surface area contributed by atoms with Gasteiger partial charge in [-0.3, -0.25) is 14.4 Å². The molecule has 0 aromatic carbocycles. The summed E-state index contributed by atoms with van der Waals surface area (Å²) in [6.45, 7) is 11.9. The van der Waals surface area contributed by atoms with Crippen LogP contribution < -0.4 is 0 Å². The van der Waals surface area contributed by atoms with Crippen LogP contribution in [0.5, 0.6) is 0 Å². The predicted molar refractivity (Wildman–Crippen MR) is 139 cm³/mol. The van der Waals surface area contributed by atoms with Gasteiger partial charge in [0, 0.05) is 31.0 Å². The van der Waals surface area contributed by atoms with E-state index in [1.54, 1.807) is 29.7 Å². The molecule has 3 fully saturated rings. The van der Waals surface area contributed by atoms with Crippen LogP contribution in [0, 0.1) is 11.8 Å². The van der Waals surface area contributed by atoms with Gasteiger partial charge in [0.1, 0.15) is 6.04 Å². The Hall–Kier alpha value is -1.54. The monoisotopic (exact) mass is 508 g/mol. The van der Waals surface area contributed by atoms with Crippen LogP contribution in [0.1, 0.15) is 78.6 Å². The number of carbonyl (C=O) groups is 3. The lowest BCUT2D eigenvalue weighted by molar-refractivity contribution is -0.155. The molecule has 198 valence electrons. The number of hydrogen-bond acceptors (Lipinski definition) is 6. The van der Waals surface area contributed by atoms with Crippen LogP contribution in [0.2, 0.25) is 0 Å². The molecule has 0 saturated carbocycles. The van der Waals surface area contributed by atoms with Crippen molar-refractivity contribution in [3.63, 3.8) is 0 Å². The molecular weight excluding hydrogens is 464 g/mol. The SMILES string of the molecule is C=CCN(CCCCC)C(=O)C1N(CCCCCCO)C(=O)[C@@H]2[C@H](C(=O)OCC)[C@]3(C)CCC12S3. The fourth-order valence-corrected chi connectivity index (χ4v) is 8.79. The molecule has 2 bridgehead atoms. The standard InChI is InChI=1S/C27H44N2O5S/c1-5-8-11-17-28(16-6-2)24(32)22-27-15-14-26(4,35-27)21(25(33)34-7-3)20(27)23(31)29(22)18-12-9-10-13-19-30/h6,20-22,30H,2,5,7-19H2,1,3-4H3/t20-,21+,22?,26-,27?/m0/s1. The summed E-state index contributed by atoms with van der Waals surface area (Å²) in [5.74, 6) is -1.40. The number of rotatable bonds is 15. The van der Waals surface area contributed by atoms with Crippen molar-refractivity contribution in [2.24, 2.45) is 11.8 Å². The predicted octanol–water partition coefficient (Wildman–Crippen LogP) is 3.79. The van der Waals surface area contributed by atoms with Gasteiger partial charge in [-0.15, -0.1) is 18.3 Å². The maximum Gasteiger partial charge on any atom is 0.311 e. The van der Waals surface area contributed by atoms with Crippen molar-refractivity contribution < 1.29 is 24.2 Å². The number of fused-ring (bicyclic) bond motifs is 1. The number of amides is 2. The Morgan fingerprint density at radius 2 is 1.94 bits per heavy atom. The summed E-state index contributed by atoms with van der Waals surface area (Å²) >= 11 is 1.70. The highest BCUT2D eigenvalue weighted by Crippen LogP contribution is 2.71. The maximum atomic E-state index is 14.2. The number of nitrogens with zero attached hydrogens (tertiary/aromatic N) is 2. The summed E-state index contributed by atoms with van der Waals surface area (Å²) in [6.07, 6.45) is 9.66. The second-order valence-electron chi connectivity index (χ2n) is 10.4. The second kappa shape index (κ2) is 12.1. The summed E-state index contributed by atoms with van der Waals surface area (Å²) in [5, 5.41) is 9.09. The molecule has 3 aliphatic heterocycles. The number of unbranched alkanes of at least 4 members (excludes halogenated alkanes) is 5. The molecule has 3 rings (SSSR count). The van der Waals surface area contributed by atoms with Crippen LogP contribution >= 0.6 is 11.8 Å². The maximum absolute atomic E-state index is 14.2. The Morgan fingerprint density at radius 3 is 2.60 bits per heavy atom. The van der Waals surface area contributed by atoms with E-state index in [-0.39, 0.29) is 35.7 Å². The van der Waals surface area contributed by atoms with Gasteiger partial charge in [-0.25, -0.2) is 0 Å². The fourth-order valence-electron chi connectivity index (χ4n) is 6.46. The highest BCUT2D eigenvalue weighted by molar-refractivity contribution is 8.02. The number of esters is 1. The van der Waals surface area contributed by atoms with Crippen LogP contribution in [0.25, 0.3) is 0 Å². The third kappa shape index (κ3) is 5.29. The third-order valence-electron chi connectivity index (χ3n) is 8.05. The molecule has 8 heteroatoms. The first-order chi connectivity index (χ1) is 16.8. The van der Waals surface area contributed by atoms with Gasteiger partial charge in [0.15, 0.2) is 0 Å². The Kier molecular flexibility index (Phi) is 9.72. The lowest BCUT2D eigenvalue weighted by Gasteiger charge is -2.37. The van der Waals surface area contributed by atoms with E-state index in [1.807, 2.05) is 4.90 Å². The van der Waals surface area contributed by atoms with E-state index in [9.17, 15) is 14.4 Å². The van der Waals surface area contributed by atoms with E-state index in [1.165, 1.54) is 0 Å². The molecule has 3 heterocycles. The third-order valence-corrected chi connectivity index (χ3v) is 10.0. The zero-order valence-electron chi connectivity index (χ0n) is 21.8. The Balaban J connectivity index is 1.94. The van der Waals surface area contributed by atoms with Crippen LogP contribution in [0.3, 0.4) is 0 Å². The molecular formula is C27H44N2O5S. The summed E-state index contributed by atoms with van der Waals surface area (Å²) < 4.78 is 4.48. The lowest BCUT2D eigenvalue weighted by atomic mass is 9.66. The first-order valence-corrected chi connectivity index (χ1v) is 14.3. The molecule has 3 aliphatic rings. The highest BCUT2D eigenvalue weighted by atomic mass is 32.2. The number of carbonyl (C=O) groups excluding carboxylic acids is 3. The van der Waals surface area contributed by atoms with Gasteiger partial charge >= 0.3 is 5.97 Å². The fraction of sp³-hybridized carbons (Fsp3) is 0.815. The van der Waals surface area contributed by atoms with Crippen molar-refractivity contribution in [3.05, 3.63) is 12.7 Å². The molecule has 0 aromatic rings. The molecule has 0 aromatic heterocycles. The Labute approximate surface area is 215 Å². The summed E-state index contributed by atoms with van der Waals surface area (Å²) in [5.41, 5.74) is 0. The van der Waals surface area contributed by atoms with E-state index in [2.05, 4.69) is 20.4 Å². The molecule has 0 aliphatic carbocycles. The number of hydrogen-bond donors (Lipinski definition) is 1. The van der Waals surface area contributed by atoms with Crippen LogP contribution in [-0.2, 0) is 19.1 Å². The van der Waals surface area contributed by atoms with E-state index in [0.717, 1.165) is 57.8 Å². The lowest BCUT2D eigenvalue weighted by Crippen LogP contribution is -2.55. The van der Waals surface area contributed by atoms with Crippen molar-refractivity contribution in [1.29, 1.82) is 0 Å². The number of ether oxygens (including phenoxy) is 1. The van der Waals surface area contributed by atoms with Crippen molar-refractivity contribution in [2.45, 2.75) is 94.1 Å². The second-order valence-corrected chi connectivity index (χ2v) is 12.3. The van der Waals surface area contributed by atoms with Gasteiger partial charge in [0.05, 0.1) is 23.2 Å². The van der Waals surface area contributed by atoms with Crippen molar-refractivity contribution >= 4 is 29.5 Å². The Bertz CT molecular complexity index is 792. The van der Waals surface area contributed by atoms with Crippen molar-refractivity contribution in [1.82, 2.24) is 9.80 Å². The van der Waals surface area contributed by atoms with Crippen molar-refractivity contribution in [3.8, 4) is 0 Å². The Morgan fingerprint density at radius 1 is 1.20 bits per heavy atom. The van der Waals surface area contributed by atoms with E-state index in [4.69, 9.17) is 9.84 Å². The molecule has 5 atom stereocenters. The minimum Gasteiger partial charge on any atom is -0.466 e. The summed E-state index contributed by atoms with van der Waals surface area (Å²) in [7, 11) is 0. The first-order valence-electron chi connectivity index (χ1n) is 13.5. The number of likely N-dealkylation sites (tertiary alicyclic amines) is 1. The van der Waals surface area contributed by atoms with Gasteiger partial charge in [-0.05, 0) is 46.0 Å². The van der Waals surface area contributed by atoms with Crippen molar-refractivity contribution in [2.75, 3.05) is 32.8 Å². The molecule has 0 radical (unpaired) electrons. The number of aliphatic hydroxyl groups excluding tert-OH is 1. The van der Waals surface area contributed by atoms with E-state index >= 15 is 0 Å². The molecule has 3 saturated heterocycles. The van der Waals surface area contributed by atoms with E-state index < -0.39 is 22.6 Å². The zero-order chi connectivity index (χ0) is 25.6. The van der Waals surface area contributed by atoms with Gasteiger partial charge in [0.2, 0.25) is 11.8 Å². The first kappa shape index (κ1) is 28.0. The summed E-state index contributed by atoms with van der Waals surface area (Å²) in [4.78, 5) is 44.9. The molecule has 35 heavy (non-hydrogen) atoms. The van der Waals surface area contributed by atoms with Crippen LogP contribution in [0.15, 0.2) is 12.7 Å². The molecule has 1 spiro atoms. The van der Waals surface area contributed by atoms with Crippen LogP contribution in [0.4, 0.5) is 0 Å². The van der Waals surface area contributed by atoms with E-state index in [0.29, 0.717) is 19.6 Å². The molecule has 2 unspecified atom stereocenters. The largest absolute Gasteiger partial charge is 0.466 e. The zero-order valence-corrected chi connectivity index (χ0v) is 22.6. The quantitative estimate of drug-likeness (QED) is 0.206. The number of aliphatic hydroxyl groups is 1. The average molecular weight is 509 g/mol. The molecule has 2 amide bonds. The summed E-state index contributed by atoms with van der Waals surface area (Å²) in [6, 6.07) is -0.564. The number of thioether (sulfide) groups is 1. The van der Waals surface area contributed by atoms with Gasteiger partial charge < -0.3 is 19.6 Å². The van der Waals surface area contributed by atoms with Crippen LogP contribution in [-0.4, -0.2) is 81.1 Å². The topological polar surface area (TPSA) is 87.2 Å².